The minimum absolute atomic E-state index is 0.951. The maximum atomic E-state index is 5.81. The Morgan fingerprint density at radius 2 is 2.13 bits per heavy atom. The first kappa shape index (κ1) is 8.74. The third-order valence-electron chi connectivity index (χ3n) is 2.81. The molecule has 0 atom stereocenters. The summed E-state index contributed by atoms with van der Waals surface area (Å²) < 4.78 is 5.81. The smallest absolute Gasteiger partial charge is 0.134 e. The van der Waals surface area contributed by atoms with Crippen molar-refractivity contribution in [3.05, 3.63) is 42.2 Å². The Hall–Kier alpha value is -1.54. The summed E-state index contributed by atoms with van der Waals surface area (Å²) in [5.41, 5.74) is 2.30. The monoisotopic (exact) mass is 199 g/mol. The second-order valence-corrected chi connectivity index (χ2v) is 3.83. The second kappa shape index (κ2) is 3.55. The summed E-state index contributed by atoms with van der Waals surface area (Å²) in [5, 5.41) is 4.49. The second-order valence-electron chi connectivity index (χ2n) is 3.83. The number of fused-ring (bicyclic) bond motifs is 1. The highest BCUT2D eigenvalue weighted by atomic mass is 16.3. The van der Waals surface area contributed by atoms with E-state index in [1.54, 1.807) is 0 Å². The molecule has 1 aromatic carbocycles. The van der Waals surface area contributed by atoms with Gasteiger partial charge in [-0.1, -0.05) is 24.3 Å². The van der Waals surface area contributed by atoms with E-state index in [2.05, 4.69) is 23.5 Å². The highest BCUT2D eigenvalue weighted by Gasteiger charge is 2.10. The van der Waals surface area contributed by atoms with E-state index in [1.807, 2.05) is 18.2 Å². The van der Waals surface area contributed by atoms with Crippen molar-refractivity contribution >= 4 is 16.5 Å². The molecule has 0 amide bonds. The Morgan fingerprint density at radius 3 is 2.93 bits per heavy atom. The molecule has 1 N–H and O–H groups in total. The first-order valence-electron chi connectivity index (χ1n) is 5.32. The molecule has 0 unspecified atom stereocenters. The van der Waals surface area contributed by atoms with Crippen LogP contribution in [0.2, 0.25) is 0 Å². The molecular weight excluding hydrogens is 186 g/mol. The molecule has 15 heavy (non-hydrogen) atoms. The van der Waals surface area contributed by atoms with Gasteiger partial charge in [-0.15, -0.1) is 0 Å². The number of furan rings is 1. The standard InChI is InChI=1S/C13H13NO/c1-2-4-12-11(3-1)9-13(15-12)10-5-7-14-8-6-10/h1-5,9,14H,6-8H2. The normalized spacial score (nSPS) is 16.7. The average Bonchev–Trinajstić information content (AvgIpc) is 2.74. The fourth-order valence-electron chi connectivity index (χ4n) is 1.99. The molecule has 0 saturated carbocycles. The minimum atomic E-state index is 0.951. The Morgan fingerprint density at radius 1 is 1.20 bits per heavy atom. The van der Waals surface area contributed by atoms with Crippen molar-refractivity contribution in [2.75, 3.05) is 13.1 Å². The van der Waals surface area contributed by atoms with Gasteiger partial charge in [0, 0.05) is 11.9 Å². The van der Waals surface area contributed by atoms with E-state index in [4.69, 9.17) is 4.42 Å². The predicted octanol–water partition coefficient (Wildman–Crippen LogP) is 2.81. The van der Waals surface area contributed by atoms with Crippen LogP contribution >= 0.6 is 0 Å². The topological polar surface area (TPSA) is 25.2 Å². The lowest BCUT2D eigenvalue weighted by Crippen LogP contribution is -2.19. The van der Waals surface area contributed by atoms with Gasteiger partial charge in [-0.05, 0) is 30.7 Å². The lowest BCUT2D eigenvalue weighted by molar-refractivity contribution is 0.590. The molecule has 2 aromatic rings. The fraction of sp³-hybridized carbons (Fsp3) is 0.231. The van der Waals surface area contributed by atoms with Crippen molar-refractivity contribution in [1.29, 1.82) is 0 Å². The number of benzene rings is 1. The first-order valence-corrected chi connectivity index (χ1v) is 5.32. The molecule has 0 bridgehead atoms. The van der Waals surface area contributed by atoms with E-state index < -0.39 is 0 Å². The maximum absolute atomic E-state index is 5.81. The van der Waals surface area contributed by atoms with Crippen molar-refractivity contribution in [2.24, 2.45) is 0 Å². The molecule has 2 heteroatoms. The van der Waals surface area contributed by atoms with Crippen LogP contribution in [0.5, 0.6) is 0 Å². The van der Waals surface area contributed by atoms with Crippen LogP contribution in [0.25, 0.3) is 16.5 Å². The number of rotatable bonds is 1. The summed E-state index contributed by atoms with van der Waals surface area (Å²) in [6.07, 6.45) is 3.26. The van der Waals surface area contributed by atoms with Gasteiger partial charge in [-0.25, -0.2) is 0 Å². The van der Waals surface area contributed by atoms with Gasteiger partial charge >= 0.3 is 0 Å². The molecule has 1 aliphatic heterocycles. The largest absolute Gasteiger partial charge is 0.456 e. The van der Waals surface area contributed by atoms with E-state index in [0.717, 1.165) is 30.9 Å². The molecule has 0 aliphatic carbocycles. The highest BCUT2D eigenvalue weighted by molar-refractivity contribution is 5.82. The maximum Gasteiger partial charge on any atom is 0.134 e. The molecule has 2 nitrogen and oxygen atoms in total. The summed E-state index contributed by atoms with van der Waals surface area (Å²) in [6.45, 7) is 2.00. The number of nitrogens with one attached hydrogen (secondary N) is 1. The molecule has 0 fully saturated rings. The van der Waals surface area contributed by atoms with E-state index in [9.17, 15) is 0 Å². The third kappa shape index (κ3) is 1.57. The minimum Gasteiger partial charge on any atom is -0.456 e. The SMILES string of the molecule is C1=C(c2cc3ccccc3o2)CCNC1. The van der Waals surface area contributed by atoms with Crippen molar-refractivity contribution < 1.29 is 4.42 Å². The molecule has 1 aromatic heterocycles. The number of hydrogen-bond donors (Lipinski definition) is 1. The highest BCUT2D eigenvalue weighted by Crippen LogP contribution is 2.26. The van der Waals surface area contributed by atoms with Gasteiger partial charge < -0.3 is 9.73 Å². The summed E-state index contributed by atoms with van der Waals surface area (Å²) >= 11 is 0. The van der Waals surface area contributed by atoms with Gasteiger partial charge in [0.15, 0.2) is 0 Å². The van der Waals surface area contributed by atoms with Crippen LogP contribution < -0.4 is 5.32 Å². The van der Waals surface area contributed by atoms with Crippen LogP contribution in [0.3, 0.4) is 0 Å². The Kier molecular flexibility index (Phi) is 2.07. The molecule has 0 spiro atoms. The molecule has 2 heterocycles. The van der Waals surface area contributed by atoms with Crippen LogP contribution in [0.4, 0.5) is 0 Å². The quantitative estimate of drug-likeness (QED) is 0.764. The van der Waals surface area contributed by atoms with Crippen LogP contribution in [-0.4, -0.2) is 13.1 Å². The van der Waals surface area contributed by atoms with Crippen molar-refractivity contribution in [2.45, 2.75) is 6.42 Å². The van der Waals surface area contributed by atoms with E-state index >= 15 is 0 Å². The van der Waals surface area contributed by atoms with Gasteiger partial charge in [-0.2, -0.15) is 0 Å². The van der Waals surface area contributed by atoms with Crippen LogP contribution in [-0.2, 0) is 0 Å². The molecule has 76 valence electrons. The zero-order valence-corrected chi connectivity index (χ0v) is 8.49. The van der Waals surface area contributed by atoms with Crippen LogP contribution in [0.1, 0.15) is 12.2 Å². The Balaban J connectivity index is 2.07. The Bertz CT molecular complexity index is 477. The fourth-order valence-corrected chi connectivity index (χ4v) is 1.99. The zero-order chi connectivity index (χ0) is 10.1. The van der Waals surface area contributed by atoms with Crippen molar-refractivity contribution in [1.82, 2.24) is 5.32 Å². The van der Waals surface area contributed by atoms with E-state index in [1.165, 1.54) is 11.0 Å². The summed E-state index contributed by atoms with van der Waals surface area (Å²) in [7, 11) is 0. The van der Waals surface area contributed by atoms with Gasteiger partial charge in [0.05, 0.1) is 0 Å². The average molecular weight is 199 g/mol. The summed E-state index contributed by atoms with van der Waals surface area (Å²) in [4.78, 5) is 0. The summed E-state index contributed by atoms with van der Waals surface area (Å²) in [5.74, 6) is 1.03. The van der Waals surface area contributed by atoms with Gasteiger partial charge in [0.1, 0.15) is 11.3 Å². The Labute approximate surface area is 88.6 Å². The van der Waals surface area contributed by atoms with Crippen LogP contribution in [0.15, 0.2) is 40.8 Å². The molecule has 3 rings (SSSR count). The predicted molar refractivity (Wildman–Crippen MR) is 61.7 cm³/mol. The van der Waals surface area contributed by atoms with Gasteiger partial charge in [-0.3, -0.25) is 0 Å². The third-order valence-corrected chi connectivity index (χ3v) is 2.81. The zero-order valence-electron chi connectivity index (χ0n) is 8.49. The molecule has 1 aliphatic rings. The van der Waals surface area contributed by atoms with Crippen molar-refractivity contribution in [3.8, 4) is 0 Å². The van der Waals surface area contributed by atoms with E-state index in [0.29, 0.717) is 0 Å². The summed E-state index contributed by atoms with van der Waals surface area (Å²) in [6, 6.07) is 10.3. The lowest BCUT2D eigenvalue weighted by Gasteiger charge is -2.11. The van der Waals surface area contributed by atoms with E-state index in [-0.39, 0.29) is 0 Å². The van der Waals surface area contributed by atoms with Crippen molar-refractivity contribution in [3.63, 3.8) is 0 Å². The first-order chi connectivity index (χ1) is 7.43. The van der Waals surface area contributed by atoms with Crippen LogP contribution in [0, 0.1) is 0 Å². The van der Waals surface area contributed by atoms with Gasteiger partial charge in [0.25, 0.3) is 0 Å². The number of hydrogen-bond acceptors (Lipinski definition) is 2. The lowest BCUT2D eigenvalue weighted by atomic mass is 10.1. The molecule has 0 saturated heterocycles. The number of para-hydroxylation sites is 1. The van der Waals surface area contributed by atoms with Gasteiger partial charge in [0.2, 0.25) is 0 Å². The molecular formula is C13H13NO. The molecule has 0 radical (unpaired) electrons.